The van der Waals surface area contributed by atoms with Crippen molar-refractivity contribution < 1.29 is 27.6 Å². The van der Waals surface area contributed by atoms with E-state index in [-0.39, 0.29) is 5.78 Å². The van der Waals surface area contributed by atoms with Crippen molar-refractivity contribution in [3.63, 3.8) is 0 Å². The summed E-state index contributed by atoms with van der Waals surface area (Å²) < 4.78 is 36.6. The Kier molecular flexibility index (Phi) is 4.11. The number of benzene rings is 1. The zero-order valence-electron chi connectivity index (χ0n) is 11.1. The molecule has 2 N–H and O–H groups in total. The van der Waals surface area contributed by atoms with Crippen LogP contribution in [0.3, 0.4) is 0 Å². The molecular weight excluding hydrogens is 296 g/mol. The Hall–Kier alpha value is -1.80. The van der Waals surface area contributed by atoms with E-state index in [0.29, 0.717) is 5.56 Å². The normalized spacial score (nSPS) is 25.5. The van der Waals surface area contributed by atoms with Gasteiger partial charge in [0.25, 0.3) is 10.1 Å². The standard InChI is InChI=1S/C14H14O6S/c1-20-14(16)8-7-11(9-12(14)21(17,18)19)13(15)10-5-3-2-4-6-10/h2-9,11,16H,1H3,(H,17,18,19). The summed E-state index contributed by atoms with van der Waals surface area (Å²) in [5.41, 5.74) is 0.390. The molecular formula is C14H14O6S. The molecule has 0 heterocycles. The van der Waals surface area contributed by atoms with Gasteiger partial charge in [-0.25, -0.2) is 0 Å². The molecule has 0 aromatic heterocycles. The number of hydrogen-bond acceptors (Lipinski definition) is 5. The molecule has 2 atom stereocenters. The summed E-state index contributed by atoms with van der Waals surface area (Å²) in [7, 11) is -3.63. The molecule has 1 aromatic carbocycles. The quantitative estimate of drug-likeness (QED) is 0.374. The lowest BCUT2D eigenvalue weighted by Gasteiger charge is -2.28. The molecule has 1 aromatic rings. The molecule has 0 fully saturated rings. The predicted molar refractivity (Wildman–Crippen MR) is 75.0 cm³/mol. The van der Waals surface area contributed by atoms with Crippen molar-refractivity contribution >= 4 is 15.9 Å². The fourth-order valence-corrected chi connectivity index (χ4v) is 2.89. The SMILES string of the molecule is COC1(O)C=CC(C(=O)c2ccccc2)C=C1S(=O)(=O)O. The van der Waals surface area contributed by atoms with Crippen molar-refractivity contribution in [3.8, 4) is 0 Å². The Labute approximate surface area is 122 Å². The summed E-state index contributed by atoms with van der Waals surface area (Å²) in [6.45, 7) is 0. The van der Waals surface area contributed by atoms with Gasteiger partial charge < -0.3 is 9.84 Å². The molecule has 0 bridgehead atoms. The maximum absolute atomic E-state index is 12.3. The van der Waals surface area contributed by atoms with Crippen LogP contribution in [0.4, 0.5) is 0 Å². The zero-order valence-corrected chi connectivity index (χ0v) is 11.9. The summed E-state index contributed by atoms with van der Waals surface area (Å²) in [5.74, 6) is -3.55. The van der Waals surface area contributed by atoms with E-state index in [1.165, 1.54) is 6.08 Å². The van der Waals surface area contributed by atoms with E-state index >= 15 is 0 Å². The van der Waals surface area contributed by atoms with Gasteiger partial charge in [-0.05, 0) is 12.2 Å². The van der Waals surface area contributed by atoms with E-state index in [2.05, 4.69) is 0 Å². The summed E-state index contributed by atoms with van der Waals surface area (Å²) in [6.07, 6.45) is 3.34. The number of aliphatic hydroxyl groups is 1. The van der Waals surface area contributed by atoms with Crippen molar-refractivity contribution in [1.29, 1.82) is 0 Å². The maximum Gasteiger partial charge on any atom is 0.296 e. The number of hydrogen-bond donors (Lipinski definition) is 2. The molecule has 0 spiro atoms. The molecule has 2 unspecified atom stereocenters. The second kappa shape index (κ2) is 5.53. The minimum Gasteiger partial charge on any atom is -0.358 e. The Morgan fingerprint density at radius 1 is 1.29 bits per heavy atom. The van der Waals surface area contributed by atoms with Gasteiger partial charge >= 0.3 is 0 Å². The lowest BCUT2D eigenvalue weighted by molar-refractivity contribution is -0.111. The summed E-state index contributed by atoms with van der Waals surface area (Å²) >= 11 is 0. The predicted octanol–water partition coefficient (Wildman–Crippen LogP) is 1.16. The van der Waals surface area contributed by atoms with Gasteiger partial charge in [0.15, 0.2) is 5.78 Å². The number of ether oxygens (including phenoxy) is 1. The average molecular weight is 310 g/mol. The minimum atomic E-state index is -4.71. The van der Waals surface area contributed by atoms with Crippen LogP contribution in [0.1, 0.15) is 10.4 Å². The van der Waals surface area contributed by atoms with E-state index < -0.39 is 26.7 Å². The smallest absolute Gasteiger partial charge is 0.296 e. The van der Waals surface area contributed by atoms with Gasteiger partial charge in [-0.1, -0.05) is 36.4 Å². The highest BCUT2D eigenvalue weighted by Crippen LogP contribution is 2.31. The molecule has 0 saturated carbocycles. The first-order valence-corrected chi connectivity index (χ1v) is 7.48. The van der Waals surface area contributed by atoms with E-state index in [0.717, 1.165) is 19.3 Å². The van der Waals surface area contributed by atoms with Crippen LogP contribution in [0.5, 0.6) is 0 Å². The van der Waals surface area contributed by atoms with Crippen molar-refractivity contribution in [1.82, 2.24) is 0 Å². The third-order valence-electron chi connectivity index (χ3n) is 3.16. The molecule has 0 aliphatic heterocycles. The van der Waals surface area contributed by atoms with Crippen LogP contribution in [-0.4, -0.2) is 36.8 Å². The lowest BCUT2D eigenvalue weighted by atomic mass is 9.92. The Morgan fingerprint density at radius 2 is 1.90 bits per heavy atom. The number of Topliss-reactive ketones (excluding diaryl/α,β-unsaturated/α-hetero) is 1. The number of ketones is 1. The molecule has 112 valence electrons. The van der Waals surface area contributed by atoms with Crippen molar-refractivity contribution in [2.24, 2.45) is 5.92 Å². The van der Waals surface area contributed by atoms with E-state index in [9.17, 15) is 22.9 Å². The van der Waals surface area contributed by atoms with Crippen LogP contribution in [-0.2, 0) is 14.9 Å². The lowest BCUT2D eigenvalue weighted by Crippen LogP contribution is -2.38. The molecule has 0 radical (unpaired) electrons. The molecule has 1 aliphatic carbocycles. The maximum atomic E-state index is 12.3. The number of allylic oxidation sites excluding steroid dienone is 2. The summed E-state index contributed by atoms with van der Waals surface area (Å²) in [6, 6.07) is 8.29. The summed E-state index contributed by atoms with van der Waals surface area (Å²) in [4.78, 5) is 11.5. The first-order valence-electron chi connectivity index (χ1n) is 6.04. The van der Waals surface area contributed by atoms with Gasteiger partial charge in [0.05, 0.1) is 5.92 Å². The Morgan fingerprint density at radius 3 is 2.43 bits per heavy atom. The topological polar surface area (TPSA) is 101 Å². The first-order chi connectivity index (χ1) is 9.78. The Balaban J connectivity index is 2.43. The van der Waals surface area contributed by atoms with Gasteiger partial charge in [0, 0.05) is 12.7 Å². The zero-order chi connectivity index (χ0) is 15.7. The van der Waals surface area contributed by atoms with E-state index in [4.69, 9.17) is 4.74 Å². The van der Waals surface area contributed by atoms with Crippen molar-refractivity contribution in [2.45, 2.75) is 5.79 Å². The highest BCUT2D eigenvalue weighted by atomic mass is 32.2. The third-order valence-corrected chi connectivity index (χ3v) is 4.15. The monoisotopic (exact) mass is 310 g/mol. The molecule has 1 aliphatic rings. The van der Waals surface area contributed by atoms with Gasteiger partial charge in [0.1, 0.15) is 4.91 Å². The number of rotatable bonds is 4. The fourth-order valence-electron chi connectivity index (χ4n) is 2.05. The second-order valence-corrected chi connectivity index (χ2v) is 5.91. The Bertz CT molecular complexity index is 704. The van der Waals surface area contributed by atoms with Crippen LogP contribution in [0, 0.1) is 5.92 Å². The van der Waals surface area contributed by atoms with Crippen molar-refractivity contribution in [3.05, 3.63) is 59.0 Å². The van der Waals surface area contributed by atoms with Crippen LogP contribution in [0.25, 0.3) is 0 Å². The number of carbonyl (C=O) groups is 1. The largest absolute Gasteiger partial charge is 0.358 e. The van der Waals surface area contributed by atoms with Gasteiger partial charge in [-0.2, -0.15) is 8.42 Å². The molecule has 7 heteroatoms. The van der Waals surface area contributed by atoms with Crippen LogP contribution >= 0.6 is 0 Å². The molecule has 0 amide bonds. The van der Waals surface area contributed by atoms with Crippen LogP contribution in [0.2, 0.25) is 0 Å². The minimum absolute atomic E-state index is 0.355. The molecule has 21 heavy (non-hydrogen) atoms. The van der Waals surface area contributed by atoms with Gasteiger partial charge in [0.2, 0.25) is 5.79 Å². The summed E-state index contributed by atoms with van der Waals surface area (Å²) in [5, 5.41) is 10.0. The van der Waals surface area contributed by atoms with E-state index in [1.807, 2.05) is 0 Å². The average Bonchev–Trinajstić information content (AvgIpc) is 2.47. The number of carbonyl (C=O) groups excluding carboxylic acids is 1. The third kappa shape index (κ3) is 3.11. The fraction of sp³-hybridized carbons (Fsp3) is 0.214. The highest BCUT2D eigenvalue weighted by molar-refractivity contribution is 7.89. The van der Waals surface area contributed by atoms with Crippen molar-refractivity contribution in [2.75, 3.05) is 7.11 Å². The molecule has 2 rings (SSSR count). The van der Waals surface area contributed by atoms with Crippen LogP contribution in [0.15, 0.2) is 53.5 Å². The highest BCUT2D eigenvalue weighted by Gasteiger charge is 2.41. The number of methoxy groups -OCH3 is 1. The van der Waals surface area contributed by atoms with Gasteiger partial charge in [-0.15, -0.1) is 0 Å². The van der Waals surface area contributed by atoms with Gasteiger partial charge in [-0.3, -0.25) is 9.35 Å². The van der Waals surface area contributed by atoms with E-state index in [1.54, 1.807) is 30.3 Å². The molecule has 6 nitrogen and oxygen atoms in total. The van der Waals surface area contributed by atoms with Crippen LogP contribution < -0.4 is 0 Å². The second-order valence-electron chi connectivity index (χ2n) is 4.52. The molecule has 0 saturated heterocycles. The first kappa shape index (κ1) is 15.6.